The molecule has 1 aliphatic rings. The normalized spacial score (nSPS) is 24.0. The zero-order valence-electron chi connectivity index (χ0n) is 12.2. The average Bonchev–Trinajstić information content (AvgIpc) is 2.86. The van der Waals surface area contributed by atoms with E-state index in [4.69, 9.17) is 4.74 Å². The number of benzene rings is 1. The summed E-state index contributed by atoms with van der Waals surface area (Å²) in [5.41, 5.74) is 0.578. The summed E-state index contributed by atoms with van der Waals surface area (Å²) in [5, 5.41) is 3.49. The third kappa shape index (κ3) is 3.55. The van der Waals surface area contributed by atoms with Gasteiger partial charge in [-0.2, -0.15) is 0 Å². The van der Waals surface area contributed by atoms with Crippen molar-refractivity contribution in [2.24, 2.45) is 0 Å². The van der Waals surface area contributed by atoms with E-state index in [0.29, 0.717) is 6.42 Å². The van der Waals surface area contributed by atoms with Crippen LogP contribution < -0.4 is 5.32 Å². The zero-order chi connectivity index (χ0) is 14.6. The Bertz CT molecular complexity index is 444. The van der Waals surface area contributed by atoms with Crippen LogP contribution in [0, 0.1) is 11.6 Å². The predicted molar refractivity (Wildman–Crippen MR) is 75.7 cm³/mol. The summed E-state index contributed by atoms with van der Waals surface area (Å²) in [7, 11) is 0. The summed E-state index contributed by atoms with van der Waals surface area (Å²) in [5.74, 6) is -1.58. The molecular formula is C16H23F2NO. The van der Waals surface area contributed by atoms with Crippen molar-refractivity contribution in [2.75, 3.05) is 13.2 Å². The molecule has 1 fully saturated rings. The SMILES string of the molecule is CCCNC(Cc1ccc(F)c(F)c1)C1(C)CCCO1. The first-order chi connectivity index (χ1) is 9.55. The summed E-state index contributed by atoms with van der Waals surface area (Å²) < 4.78 is 32.2. The van der Waals surface area contributed by atoms with Crippen LogP contribution >= 0.6 is 0 Å². The van der Waals surface area contributed by atoms with Crippen molar-refractivity contribution in [2.45, 2.75) is 51.2 Å². The van der Waals surface area contributed by atoms with E-state index < -0.39 is 11.6 Å². The molecular weight excluding hydrogens is 260 g/mol. The summed E-state index contributed by atoms with van der Waals surface area (Å²) in [6, 6.07) is 4.25. The molecule has 0 bridgehead atoms. The quantitative estimate of drug-likeness (QED) is 0.863. The van der Waals surface area contributed by atoms with Crippen LogP contribution in [-0.4, -0.2) is 24.8 Å². The molecule has 0 saturated carbocycles. The van der Waals surface area contributed by atoms with Crippen molar-refractivity contribution in [3.63, 3.8) is 0 Å². The Morgan fingerprint density at radius 2 is 2.15 bits per heavy atom. The fourth-order valence-corrected chi connectivity index (χ4v) is 2.80. The maximum absolute atomic E-state index is 13.3. The topological polar surface area (TPSA) is 21.3 Å². The van der Waals surface area contributed by atoms with Crippen molar-refractivity contribution in [3.05, 3.63) is 35.4 Å². The van der Waals surface area contributed by atoms with Gasteiger partial charge in [0.25, 0.3) is 0 Å². The lowest BCUT2D eigenvalue weighted by molar-refractivity contribution is -0.0114. The van der Waals surface area contributed by atoms with E-state index in [-0.39, 0.29) is 11.6 Å². The molecule has 1 N–H and O–H groups in total. The maximum Gasteiger partial charge on any atom is 0.159 e. The van der Waals surface area contributed by atoms with Crippen LogP contribution in [-0.2, 0) is 11.2 Å². The Labute approximate surface area is 119 Å². The second kappa shape index (κ2) is 6.64. The van der Waals surface area contributed by atoms with Crippen molar-refractivity contribution < 1.29 is 13.5 Å². The lowest BCUT2D eigenvalue weighted by atomic mass is 9.88. The third-order valence-corrected chi connectivity index (χ3v) is 4.05. The van der Waals surface area contributed by atoms with Gasteiger partial charge in [0.2, 0.25) is 0 Å². The highest BCUT2D eigenvalue weighted by Gasteiger charge is 2.38. The van der Waals surface area contributed by atoms with E-state index in [1.807, 2.05) is 0 Å². The van der Waals surface area contributed by atoms with Crippen LogP contribution in [0.2, 0.25) is 0 Å². The second-order valence-electron chi connectivity index (χ2n) is 5.72. The minimum Gasteiger partial charge on any atom is -0.374 e. The highest BCUT2D eigenvalue weighted by molar-refractivity contribution is 5.20. The second-order valence-corrected chi connectivity index (χ2v) is 5.72. The lowest BCUT2D eigenvalue weighted by Crippen LogP contribution is -2.50. The van der Waals surface area contributed by atoms with Gasteiger partial charge in [-0.1, -0.05) is 13.0 Å². The van der Waals surface area contributed by atoms with Crippen LogP contribution in [0.4, 0.5) is 8.78 Å². The van der Waals surface area contributed by atoms with Crippen molar-refractivity contribution in [1.82, 2.24) is 5.32 Å². The smallest absolute Gasteiger partial charge is 0.159 e. The third-order valence-electron chi connectivity index (χ3n) is 4.05. The van der Waals surface area contributed by atoms with Crippen molar-refractivity contribution in [1.29, 1.82) is 0 Å². The Morgan fingerprint density at radius 3 is 2.75 bits per heavy atom. The lowest BCUT2D eigenvalue weighted by Gasteiger charge is -2.34. The molecule has 112 valence electrons. The molecule has 2 unspecified atom stereocenters. The number of rotatable bonds is 6. The van der Waals surface area contributed by atoms with Crippen molar-refractivity contribution >= 4 is 0 Å². The molecule has 1 aromatic carbocycles. The Morgan fingerprint density at radius 1 is 1.35 bits per heavy atom. The average molecular weight is 283 g/mol. The van der Waals surface area contributed by atoms with Gasteiger partial charge in [0.1, 0.15) is 0 Å². The molecule has 2 nitrogen and oxygen atoms in total. The van der Waals surface area contributed by atoms with Gasteiger partial charge < -0.3 is 10.1 Å². The Kier molecular flexibility index (Phi) is 5.11. The molecule has 0 aromatic heterocycles. The molecule has 0 amide bonds. The molecule has 1 saturated heterocycles. The van der Waals surface area contributed by atoms with Gasteiger partial charge in [-0.25, -0.2) is 8.78 Å². The predicted octanol–water partition coefficient (Wildman–Crippen LogP) is 3.44. The van der Waals surface area contributed by atoms with Gasteiger partial charge in [-0.05, 0) is 56.8 Å². The number of hydrogen-bond acceptors (Lipinski definition) is 2. The fraction of sp³-hybridized carbons (Fsp3) is 0.625. The van der Waals surface area contributed by atoms with Gasteiger partial charge in [0, 0.05) is 12.6 Å². The summed E-state index contributed by atoms with van der Waals surface area (Å²) in [6.07, 6.45) is 3.73. The van der Waals surface area contributed by atoms with Gasteiger partial charge in [-0.3, -0.25) is 0 Å². The number of hydrogen-bond donors (Lipinski definition) is 1. The van der Waals surface area contributed by atoms with Crippen LogP contribution in [0.15, 0.2) is 18.2 Å². The minimum absolute atomic E-state index is 0.120. The molecule has 20 heavy (non-hydrogen) atoms. The van der Waals surface area contributed by atoms with Crippen LogP contribution in [0.5, 0.6) is 0 Å². The van der Waals surface area contributed by atoms with E-state index in [9.17, 15) is 8.78 Å². The van der Waals surface area contributed by atoms with Gasteiger partial charge in [0.15, 0.2) is 11.6 Å². The summed E-state index contributed by atoms with van der Waals surface area (Å²) >= 11 is 0. The number of nitrogens with one attached hydrogen (secondary N) is 1. The molecule has 1 heterocycles. The summed E-state index contributed by atoms with van der Waals surface area (Å²) in [6.45, 7) is 5.89. The molecule has 1 aromatic rings. The molecule has 2 rings (SSSR count). The van der Waals surface area contributed by atoms with Crippen LogP contribution in [0.25, 0.3) is 0 Å². The monoisotopic (exact) mass is 283 g/mol. The Balaban J connectivity index is 2.12. The van der Waals surface area contributed by atoms with E-state index in [0.717, 1.165) is 38.0 Å². The van der Waals surface area contributed by atoms with Crippen LogP contribution in [0.1, 0.15) is 38.7 Å². The van der Waals surface area contributed by atoms with Crippen molar-refractivity contribution in [3.8, 4) is 0 Å². The zero-order valence-corrected chi connectivity index (χ0v) is 12.2. The highest BCUT2D eigenvalue weighted by atomic mass is 19.2. The molecule has 1 aliphatic heterocycles. The highest BCUT2D eigenvalue weighted by Crippen LogP contribution is 2.30. The number of halogens is 2. The molecule has 2 atom stereocenters. The molecule has 4 heteroatoms. The Hall–Kier alpha value is -1.00. The van der Waals surface area contributed by atoms with E-state index in [1.165, 1.54) is 12.1 Å². The van der Waals surface area contributed by atoms with Gasteiger partial charge >= 0.3 is 0 Å². The van der Waals surface area contributed by atoms with E-state index in [1.54, 1.807) is 6.07 Å². The maximum atomic E-state index is 13.3. The largest absolute Gasteiger partial charge is 0.374 e. The standard InChI is InChI=1S/C16H23F2NO/c1-3-8-19-15(16(2)7-4-9-20-16)11-12-5-6-13(17)14(18)10-12/h5-6,10,15,19H,3-4,7-9,11H2,1-2H3. The first-order valence-electron chi connectivity index (χ1n) is 7.36. The van der Waals surface area contributed by atoms with E-state index >= 15 is 0 Å². The first-order valence-corrected chi connectivity index (χ1v) is 7.36. The number of ether oxygens (including phenoxy) is 1. The first kappa shape index (κ1) is 15.4. The fourth-order valence-electron chi connectivity index (χ4n) is 2.80. The van der Waals surface area contributed by atoms with Gasteiger partial charge in [0.05, 0.1) is 5.60 Å². The minimum atomic E-state index is -0.796. The molecule has 0 radical (unpaired) electrons. The summed E-state index contributed by atoms with van der Waals surface area (Å²) in [4.78, 5) is 0. The molecule has 0 aliphatic carbocycles. The van der Waals surface area contributed by atoms with Gasteiger partial charge in [-0.15, -0.1) is 0 Å². The molecule has 0 spiro atoms. The van der Waals surface area contributed by atoms with E-state index in [2.05, 4.69) is 19.2 Å². The van der Waals surface area contributed by atoms with Crippen LogP contribution in [0.3, 0.4) is 0 Å².